The number of thioether (sulfide) groups is 2. The van der Waals surface area contributed by atoms with E-state index < -0.39 is 0 Å². The van der Waals surface area contributed by atoms with Crippen LogP contribution in [0.5, 0.6) is 5.75 Å². The van der Waals surface area contributed by atoms with Crippen LogP contribution in [0.1, 0.15) is 40.6 Å². The Balaban J connectivity index is 0.000000190. The highest BCUT2D eigenvalue weighted by atomic mass is 32.2. The van der Waals surface area contributed by atoms with Gasteiger partial charge in [0.1, 0.15) is 24.0 Å². The van der Waals surface area contributed by atoms with Gasteiger partial charge in [-0.25, -0.2) is 20.0 Å². The van der Waals surface area contributed by atoms with Gasteiger partial charge in [0, 0.05) is 22.1 Å². The molecule has 15 heteroatoms. The topological polar surface area (TPSA) is 136 Å². The molecule has 0 amide bonds. The highest BCUT2D eigenvalue weighted by Crippen LogP contribution is 2.32. The molecule has 0 aliphatic carbocycles. The van der Waals surface area contributed by atoms with Crippen LogP contribution in [-0.2, 0) is 6.61 Å². The van der Waals surface area contributed by atoms with Crippen molar-refractivity contribution in [2.24, 2.45) is 21.5 Å². The molecule has 0 unspecified atom stereocenters. The van der Waals surface area contributed by atoms with Crippen molar-refractivity contribution in [3.63, 3.8) is 0 Å². The molecule has 9 nitrogen and oxygen atoms in total. The lowest BCUT2D eigenvalue weighted by molar-refractivity contribution is 0.306. The number of rotatable bonds is 14. The van der Waals surface area contributed by atoms with Gasteiger partial charge in [-0.1, -0.05) is 62.4 Å². The number of nitrogens with two attached hydrogens (primary N) is 2. The SMILES string of the molecule is CSc1ccc(C(N)=Nc2csc(Nc3ccc(OCc4ccccc4)cc3)n2)s1.CSc1ccc(C(N)=Nc2csc(Nc3ccccc3C(C)C)n2)s1. The van der Waals surface area contributed by atoms with Gasteiger partial charge in [0.2, 0.25) is 0 Å². The lowest BCUT2D eigenvalue weighted by atomic mass is 10.0. The van der Waals surface area contributed by atoms with E-state index in [9.17, 15) is 0 Å². The van der Waals surface area contributed by atoms with Crippen LogP contribution >= 0.6 is 68.9 Å². The van der Waals surface area contributed by atoms with E-state index in [1.165, 1.54) is 36.7 Å². The van der Waals surface area contributed by atoms with E-state index in [0.717, 1.165) is 42.7 Å². The van der Waals surface area contributed by atoms with Crippen molar-refractivity contribution < 1.29 is 4.74 Å². The Morgan fingerprint density at radius 3 is 1.78 bits per heavy atom. The number of amidine groups is 2. The monoisotopic (exact) mass is 840 g/mol. The fourth-order valence-corrected chi connectivity index (χ4v) is 9.14. The van der Waals surface area contributed by atoms with Gasteiger partial charge >= 0.3 is 0 Å². The number of hydrogen-bond acceptors (Lipinski definition) is 13. The second-order valence-corrected chi connectivity index (χ2v) is 18.0. The molecular formula is C40H40N8OS6. The van der Waals surface area contributed by atoms with Crippen molar-refractivity contribution in [3.05, 3.63) is 135 Å². The molecule has 7 aromatic rings. The summed E-state index contributed by atoms with van der Waals surface area (Å²) in [5, 5.41) is 12.1. The summed E-state index contributed by atoms with van der Waals surface area (Å²) in [6.07, 6.45) is 4.10. The molecule has 282 valence electrons. The van der Waals surface area contributed by atoms with Gasteiger partial charge in [-0.2, -0.15) is 0 Å². The fourth-order valence-electron chi connectivity index (χ4n) is 4.97. The number of nitrogens with one attached hydrogen (secondary N) is 2. The summed E-state index contributed by atoms with van der Waals surface area (Å²) < 4.78 is 8.25. The predicted molar refractivity (Wildman–Crippen MR) is 242 cm³/mol. The third-order valence-electron chi connectivity index (χ3n) is 7.70. The van der Waals surface area contributed by atoms with E-state index in [0.29, 0.717) is 35.8 Å². The summed E-state index contributed by atoms with van der Waals surface area (Å²) in [7, 11) is 0. The first kappa shape index (κ1) is 40.0. The number of benzene rings is 3. The zero-order chi connectivity index (χ0) is 38.6. The van der Waals surface area contributed by atoms with E-state index in [1.54, 1.807) is 46.2 Å². The normalized spacial score (nSPS) is 11.7. The molecule has 0 aliphatic heterocycles. The van der Waals surface area contributed by atoms with E-state index in [4.69, 9.17) is 16.2 Å². The van der Waals surface area contributed by atoms with Crippen LogP contribution in [0.3, 0.4) is 0 Å². The molecule has 55 heavy (non-hydrogen) atoms. The molecular weight excluding hydrogens is 801 g/mol. The van der Waals surface area contributed by atoms with Gasteiger partial charge in [0.05, 0.1) is 18.2 Å². The number of para-hydroxylation sites is 1. The number of anilines is 4. The van der Waals surface area contributed by atoms with Gasteiger partial charge in [-0.05, 0) is 84.2 Å². The third-order valence-corrected chi connectivity index (χ3v) is 13.6. The maximum atomic E-state index is 6.13. The largest absolute Gasteiger partial charge is 0.489 e. The van der Waals surface area contributed by atoms with E-state index in [2.05, 4.69) is 75.0 Å². The molecule has 0 saturated heterocycles. The quantitative estimate of drug-likeness (QED) is 0.0479. The fraction of sp³-hybridized carbons (Fsp3) is 0.150. The molecule has 0 spiro atoms. The molecule has 0 atom stereocenters. The summed E-state index contributed by atoms with van der Waals surface area (Å²) >= 11 is 9.69. The molecule has 4 heterocycles. The van der Waals surface area contributed by atoms with Crippen LogP contribution in [0, 0.1) is 0 Å². The van der Waals surface area contributed by atoms with E-state index >= 15 is 0 Å². The first-order valence-electron chi connectivity index (χ1n) is 17.0. The van der Waals surface area contributed by atoms with Crippen molar-refractivity contribution in [1.82, 2.24) is 9.97 Å². The average Bonchev–Trinajstić information content (AvgIpc) is 4.04. The second-order valence-electron chi connectivity index (χ2n) is 12.0. The Morgan fingerprint density at radius 1 is 0.691 bits per heavy atom. The number of thiazole rings is 2. The van der Waals surface area contributed by atoms with Gasteiger partial charge in [-0.15, -0.1) is 68.9 Å². The van der Waals surface area contributed by atoms with Gasteiger partial charge in [-0.3, -0.25) is 0 Å². The number of ether oxygens (including phenoxy) is 1. The maximum Gasteiger partial charge on any atom is 0.189 e. The molecule has 0 radical (unpaired) electrons. The molecule has 6 N–H and O–H groups in total. The lowest BCUT2D eigenvalue weighted by Crippen LogP contribution is -2.10. The summed E-state index contributed by atoms with van der Waals surface area (Å²) in [5.74, 6) is 3.48. The minimum Gasteiger partial charge on any atom is -0.489 e. The second kappa shape index (κ2) is 19.8. The molecule has 3 aromatic carbocycles. The van der Waals surface area contributed by atoms with Crippen LogP contribution in [0.2, 0.25) is 0 Å². The molecule has 4 aromatic heterocycles. The Bertz CT molecular complexity index is 2330. The third kappa shape index (κ3) is 11.7. The summed E-state index contributed by atoms with van der Waals surface area (Å²) in [5.41, 5.74) is 16.7. The Kier molecular flexibility index (Phi) is 14.4. The average molecular weight is 841 g/mol. The highest BCUT2D eigenvalue weighted by Gasteiger charge is 2.10. The Morgan fingerprint density at radius 2 is 1.24 bits per heavy atom. The first-order valence-corrected chi connectivity index (χ1v) is 22.9. The van der Waals surface area contributed by atoms with E-state index in [-0.39, 0.29) is 0 Å². The minimum atomic E-state index is 0.446. The number of hydrogen-bond donors (Lipinski definition) is 4. The number of nitrogens with zero attached hydrogens (tertiary/aromatic N) is 4. The molecule has 0 aliphatic rings. The molecule has 0 saturated carbocycles. The Hall–Kier alpha value is -4.64. The number of aliphatic imine (C=N–C) groups is 2. The van der Waals surface area contributed by atoms with Crippen LogP contribution < -0.4 is 26.8 Å². The van der Waals surface area contributed by atoms with Gasteiger partial charge in [0.25, 0.3) is 0 Å². The van der Waals surface area contributed by atoms with Crippen LogP contribution in [-0.4, -0.2) is 34.2 Å². The maximum absolute atomic E-state index is 6.13. The van der Waals surface area contributed by atoms with Crippen molar-refractivity contribution >= 4 is 114 Å². The zero-order valence-corrected chi connectivity index (χ0v) is 35.5. The lowest BCUT2D eigenvalue weighted by Gasteiger charge is -2.12. The molecule has 7 rings (SSSR count). The van der Waals surface area contributed by atoms with Crippen molar-refractivity contribution in [1.29, 1.82) is 0 Å². The standard InChI is InChI=1S/C22H20N4OS3.C18H20N4S3/c1-28-20-12-11-18(30-20)21(23)25-19-14-29-22(26-19)24-16-7-9-17(10-8-16)27-13-15-5-3-2-4-6-15;1-11(2)12-6-4-5-7-13(12)20-18-22-15(10-24-18)21-17(19)14-8-9-16(23-3)25-14/h2-12,14H,13H2,1H3,(H2,23,25)(H,24,26);4-11H,1-3H3,(H2,19,21)(H,20,22). The van der Waals surface area contributed by atoms with Gasteiger partial charge < -0.3 is 26.8 Å². The van der Waals surface area contributed by atoms with Crippen LogP contribution in [0.4, 0.5) is 33.3 Å². The Labute approximate surface area is 346 Å². The highest BCUT2D eigenvalue weighted by molar-refractivity contribution is 8.00. The minimum absolute atomic E-state index is 0.446. The first-order chi connectivity index (χ1) is 26.8. The summed E-state index contributed by atoms with van der Waals surface area (Å²) in [6, 6.07) is 34.3. The summed E-state index contributed by atoms with van der Waals surface area (Å²) in [4.78, 5) is 19.9. The van der Waals surface area contributed by atoms with Crippen molar-refractivity contribution in [2.75, 3.05) is 23.1 Å². The van der Waals surface area contributed by atoms with Crippen molar-refractivity contribution in [2.45, 2.75) is 34.8 Å². The smallest absolute Gasteiger partial charge is 0.189 e. The zero-order valence-electron chi connectivity index (χ0n) is 30.6. The predicted octanol–water partition coefficient (Wildman–Crippen LogP) is 12.1. The van der Waals surface area contributed by atoms with Crippen molar-refractivity contribution in [3.8, 4) is 5.75 Å². The van der Waals surface area contributed by atoms with Gasteiger partial charge in [0.15, 0.2) is 21.9 Å². The molecule has 0 bridgehead atoms. The number of aromatic nitrogens is 2. The van der Waals surface area contributed by atoms with E-state index in [1.807, 2.05) is 95.9 Å². The number of thiophene rings is 2. The summed E-state index contributed by atoms with van der Waals surface area (Å²) in [6.45, 7) is 4.91. The van der Waals surface area contributed by atoms with Crippen LogP contribution in [0.25, 0.3) is 0 Å². The van der Waals surface area contributed by atoms with Crippen LogP contribution in [0.15, 0.2) is 132 Å². The molecule has 0 fully saturated rings.